The molecule has 3 aromatic rings. The van der Waals surface area contributed by atoms with Crippen LogP contribution in [0.4, 0.5) is 5.69 Å². The summed E-state index contributed by atoms with van der Waals surface area (Å²) in [5, 5.41) is 4.59. The summed E-state index contributed by atoms with van der Waals surface area (Å²) in [4.78, 5) is 12.9. The fourth-order valence-corrected chi connectivity index (χ4v) is 4.41. The predicted octanol–water partition coefficient (Wildman–Crippen LogP) is 5.65. The molecule has 1 amide bonds. The second kappa shape index (κ2) is 7.65. The third kappa shape index (κ3) is 4.11. The van der Waals surface area contributed by atoms with Gasteiger partial charge in [-0.25, -0.2) is 10.0 Å². The standard InChI is InChI=1S/C23H28N2OS/c1-6-23(26)24-20-9-12-22-19(15-20)13-14-25(22)16-18-7-10-21(11-8-18)27(4,5)17(2)3/h6-15,17H,1,16H2,2-5H3,(H,24,26). The van der Waals surface area contributed by atoms with Crippen molar-refractivity contribution in [2.75, 3.05) is 17.8 Å². The van der Waals surface area contributed by atoms with Gasteiger partial charge in [-0.2, -0.15) is 0 Å². The number of anilines is 1. The molecule has 0 aliphatic carbocycles. The Morgan fingerprint density at radius 2 is 1.85 bits per heavy atom. The summed E-state index contributed by atoms with van der Waals surface area (Å²) in [5.74, 6) is -0.194. The van der Waals surface area contributed by atoms with Crippen molar-refractivity contribution >= 4 is 32.5 Å². The van der Waals surface area contributed by atoms with Crippen molar-refractivity contribution < 1.29 is 4.79 Å². The molecule has 3 nitrogen and oxygen atoms in total. The Kier molecular flexibility index (Phi) is 5.47. The van der Waals surface area contributed by atoms with Crippen LogP contribution >= 0.6 is 10.0 Å². The number of rotatable bonds is 6. The van der Waals surface area contributed by atoms with Crippen molar-refractivity contribution in [2.24, 2.45) is 0 Å². The summed E-state index contributed by atoms with van der Waals surface area (Å²) in [6.07, 6.45) is 8.14. The molecule has 0 aliphatic rings. The van der Waals surface area contributed by atoms with E-state index in [2.05, 4.69) is 85.4 Å². The molecule has 0 aliphatic heterocycles. The first-order valence-electron chi connectivity index (χ1n) is 9.15. The minimum Gasteiger partial charge on any atom is -0.343 e. The molecular formula is C23H28N2OS. The van der Waals surface area contributed by atoms with Crippen LogP contribution in [0.1, 0.15) is 19.4 Å². The highest BCUT2D eigenvalue weighted by Crippen LogP contribution is 2.53. The molecule has 0 saturated carbocycles. The van der Waals surface area contributed by atoms with E-state index in [4.69, 9.17) is 0 Å². The zero-order valence-electron chi connectivity index (χ0n) is 16.5. The highest BCUT2D eigenvalue weighted by atomic mass is 32.3. The monoisotopic (exact) mass is 380 g/mol. The second-order valence-corrected chi connectivity index (χ2v) is 11.7. The molecule has 0 spiro atoms. The molecule has 4 heteroatoms. The Hall–Kier alpha value is -2.46. The molecule has 0 unspecified atom stereocenters. The number of benzene rings is 2. The molecule has 142 valence electrons. The lowest BCUT2D eigenvalue weighted by atomic mass is 10.2. The van der Waals surface area contributed by atoms with Crippen LogP contribution in [-0.4, -0.2) is 28.2 Å². The minimum absolute atomic E-state index is 0.194. The molecule has 0 bridgehead atoms. The van der Waals surface area contributed by atoms with E-state index in [-0.39, 0.29) is 5.91 Å². The van der Waals surface area contributed by atoms with Crippen LogP contribution in [0.25, 0.3) is 10.9 Å². The fraction of sp³-hybridized carbons (Fsp3) is 0.261. The second-order valence-electron chi connectivity index (χ2n) is 7.51. The lowest BCUT2D eigenvalue weighted by Gasteiger charge is -2.36. The van der Waals surface area contributed by atoms with Crippen molar-refractivity contribution in [3.63, 3.8) is 0 Å². The van der Waals surface area contributed by atoms with E-state index in [0.717, 1.165) is 23.1 Å². The highest BCUT2D eigenvalue weighted by molar-refractivity contribution is 8.33. The third-order valence-electron chi connectivity index (χ3n) is 5.29. The van der Waals surface area contributed by atoms with Crippen LogP contribution in [0.5, 0.6) is 0 Å². The van der Waals surface area contributed by atoms with Gasteiger partial charge in [0.1, 0.15) is 0 Å². The van der Waals surface area contributed by atoms with Gasteiger partial charge in [-0.1, -0.05) is 32.6 Å². The Bertz CT molecular complexity index is 968. The zero-order chi connectivity index (χ0) is 19.6. The minimum atomic E-state index is -0.756. The summed E-state index contributed by atoms with van der Waals surface area (Å²) >= 11 is 0. The lowest BCUT2D eigenvalue weighted by molar-refractivity contribution is -0.111. The summed E-state index contributed by atoms with van der Waals surface area (Å²) in [6.45, 7) is 8.93. The molecule has 0 radical (unpaired) electrons. The number of carbonyl (C=O) groups excluding carboxylic acids is 1. The van der Waals surface area contributed by atoms with E-state index in [1.165, 1.54) is 16.5 Å². The quantitative estimate of drug-likeness (QED) is 0.551. The Balaban J connectivity index is 1.80. The van der Waals surface area contributed by atoms with Gasteiger partial charge in [0.25, 0.3) is 0 Å². The van der Waals surface area contributed by atoms with Gasteiger partial charge in [-0.3, -0.25) is 4.79 Å². The van der Waals surface area contributed by atoms with E-state index in [0.29, 0.717) is 5.25 Å². The highest BCUT2D eigenvalue weighted by Gasteiger charge is 2.18. The molecule has 2 aromatic carbocycles. The van der Waals surface area contributed by atoms with Crippen LogP contribution in [0.2, 0.25) is 0 Å². The largest absolute Gasteiger partial charge is 0.343 e. The molecule has 3 rings (SSSR count). The van der Waals surface area contributed by atoms with Crippen molar-refractivity contribution in [2.45, 2.75) is 30.5 Å². The lowest BCUT2D eigenvalue weighted by Crippen LogP contribution is -2.09. The van der Waals surface area contributed by atoms with Crippen LogP contribution in [-0.2, 0) is 11.3 Å². The number of hydrogen-bond acceptors (Lipinski definition) is 1. The van der Waals surface area contributed by atoms with Crippen LogP contribution < -0.4 is 5.32 Å². The first-order chi connectivity index (χ1) is 12.8. The van der Waals surface area contributed by atoms with Crippen molar-refractivity contribution in [1.29, 1.82) is 0 Å². The number of hydrogen-bond donors (Lipinski definition) is 1. The van der Waals surface area contributed by atoms with Crippen LogP contribution in [0.15, 0.2) is 72.3 Å². The van der Waals surface area contributed by atoms with E-state index in [1.54, 1.807) is 0 Å². The third-order valence-corrected chi connectivity index (χ3v) is 9.13. The maximum Gasteiger partial charge on any atom is 0.247 e. The van der Waals surface area contributed by atoms with Crippen molar-refractivity contribution in [3.8, 4) is 0 Å². The van der Waals surface area contributed by atoms with Gasteiger partial charge in [0, 0.05) is 29.3 Å². The maximum absolute atomic E-state index is 11.5. The Morgan fingerprint density at radius 3 is 2.48 bits per heavy atom. The van der Waals surface area contributed by atoms with Gasteiger partial charge in [0.05, 0.1) is 0 Å². The Labute approximate surface area is 163 Å². The molecule has 1 aromatic heterocycles. The maximum atomic E-state index is 11.5. The van der Waals surface area contributed by atoms with Gasteiger partial charge in [-0.15, -0.1) is 0 Å². The van der Waals surface area contributed by atoms with E-state index < -0.39 is 10.0 Å². The van der Waals surface area contributed by atoms with E-state index in [1.807, 2.05) is 12.1 Å². The number of nitrogens with zero attached hydrogens (tertiary/aromatic N) is 1. The summed E-state index contributed by atoms with van der Waals surface area (Å²) < 4.78 is 2.24. The van der Waals surface area contributed by atoms with Crippen molar-refractivity contribution in [3.05, 3.63) is 72.9 Å². The van der Waals surface area contributed by atoms with Gasteiger partial charge in [0.15, 0.2) is 0 Å². The summed E-state index contributed by atoms with van der Waals surface area (Å²) in [6, 6.07) is 17.1. The summed E-state index contributed by atoms with van der Waals surface area (Å²) in [5.41, 5.74) is 3.23. The number of nitrogens with one attached hydrogen (secondary N) is 1. The predicted molar refractivity (Wildman–Crippen MR) is 119 cm³/mol. The molecule has 1 heterocycles. The SMILES string of the molecule is C=CC(=O)Nc1ccc2c(ccn2Cc2ccc(S(C)(C)C(C)C)cc2)c1. The number of fused-ring (bicyclic) bond motifs is 1. The normalized spacial score (nSPS) is 12.3. The number of aromatic nitrogens is 1. The zero-order valence-corrected chi connectivity index (χ0v) is 17.3. The molecular weight excluding hydrogens is 352 g/mol. The van der Waals surface area contributed by atoms with E-state index >= 15 is 0 Å². The van der Waals surface area contributed by atoms with Gasteiger partial charge in [-0.05, 0) is 70.7 Å². The molecule has 1 N–H and O–H groups in total. The van der Waals surface area contributed by atoms with Crippen LogP contribution in [0.3, 0.4) is 0 Å². The average molecular weight is 381 g/mol. The molecule has 0 atom stereocenters. The Morgan fingerprint density at radius 1 is 1.15 bits per heavy atom. The fourth-order valence-electron chi connectivity index (χ4n) is 3.02. The smallest absolute Gasteiger partial charge is 0.247 e. The van der Waals surface area contributed by atoms with Crippen molar-refractivity contribution in [1.82, 2.24) is 4.57 Å². The molecule has 0 saturated heterocycles. The van der Waals surface area contributed by atoms with E-state index in [9.17, 15) is 4.79 Å². The first kappa shape index (κ1) is 19.3. The average Bonchev–Trinajstić information content (AvgIpc) is 3.04. The topological polar surface area (TPSA) is 34.0 Å². The molecule has 27 heavy (non-hydrogen) atoms. The summed E-state index contributed by atoms with van der Waals surface area (Å²) in [7, 11) is -0.756. The van der Waals surface area contributed by atoms with Crippen LogP contribution in [0, 0.1) is 0 Å². The van der Waals surface area contributed by atoms with Gasteiger partial charge < -0.3 is 9.88 Å². The number of carbonyl (C=O) groups is 1. The first-order valence-corrected chi connectivity index (χ1v) is 11.7. The molecule has 0 fully saturated rings. The van der Waals surface area contributed by atoms with Gasteiger partial charge in [0.2, 0.25) is 5.91 Å². The van der Waals surface area contributed by atoms with Gasteiger partial charge >= 0.3 is 0 Å². The number of amides is 1.